The van der Waals surface area contributed by atoms with Gasteiger partial charge in [-0.1, -0.05) is 17.7 Å². The first kappa shape index (κ1) is 14.4. The van der Waals surface area contributed by atoms with E-state index in [-0.39, 0.29) is 5.82 Å². The van der Waals surface area contributed by atoms with Gasteiger partial charge >= 0.3 is 0 Å². The van der Waals surface area contributed by atoms with E-state index in [4.69, 9.17) is 16.3 Å². The minimum Gasteiger partial charge on any atom is -0.378 e. The molecule has 3 nitrogen and oxygen atoms in total. The standard InChI is InChI=1S/C13H14ClFN2OS/c1-16-6-11-10(7-18-2)17-13(19-11)12-8(14)4-3-5-9(12)15/h3-5,16H,6-7H2,1-2H3. The number of halogens is 2. The van der Waals surface area contributed by atoms with Crippen LogP contribution in [-0.4, -0.2) is 19.1 Å². The minimum absolute atomic E-state index is 0.355. The zero-order valence-corrected chi connectivity index (χ0v) is 12.2. The molecule has 0 amide bonds. The summed E-state index contributed by atoms with van der Waals surface area (Å²) in [5.74, 6) is -0.360. The average molecular weight is 301 g/mol. The second-order valence-corrected chi connectivity index (χ2v) is 5.44. The van der Waals surface area contributed by atoms with Gasteiger partial charge in [-0.3, -0.25) is 0 Å². The number of methoxy groups -OCH3 is 1. The summed E-state index contributed by atoms with van der Waals surface area (Å²) in [6.45, 7) is 1.07. The van der Waals surface area contributed by atoms with Gasteiger partial charge in [0.15, 0.2) is 0 Å². The largest absolute Gasteiger partial charge is 0.378 e. The molecule has 102 valence electrons. The van der Waals surface area contributed by atoms with Gasteiger partial charge in [-0.05, 0) is 19.2 Å². The molecule has 6 heteroatoms. The van der Waals surface area contributed by atoms with Gasteiger partial charge in [-0.2, -0.15) is 0 Å². The second-order valence-electron chi connectivity index (χ2n) is 3.95. The van der Waals surface area contributed by atoms with Crippen LogP contribution in [0.2, 0.25) is 5.02 Å². The van der Waals surface area contributed by atoms with Gasteiger partial charge in [0, 0.05) is 18.5 Å². The number of rotatable bonds is 5. The maximum atomic E-state index is 13.9. The normalized spacial score (nSPS) is 10.9. The van der Waals surface area contributed by atoms with Crippen molar-refractivity contribution in [2.75, 3.05) is 14.2 Å². The van der Waals surface area contributed by atoms with Crippen molar-refractivity contribution in [1.29, 1.82) is 0 Å². The van der Waals surface area contributed by atoms with Crippen molar-refractivity contribution in [1.82, 2.24) is 10.3 Å². The van der Waals surface area contributed by atoms with Crippen molar-refractivity contribution >= 4 is 22.9 Å². The lowest BCUT2D eigenvalue weighted by atomic mass is 10.2. The summed E-state index contributed by atoms with van der Waals surface area (Å²) in [7, 11) is 3.46. The number of ether oxygens (including phenoxy) is 1. The molecule has 0 aliphatic rings. The van der Waals surface area contributed by atoms with Crippen LogP contribution in [0.1, 0.15) is 10.6 Å². The van der Waals surface area contributed by atoms with Crippen LogP contribution in [0.5, 0.6) is 0 Å². The highest BCUT2D eigenvalue weighted by molar-refractivity contribution is 7.15. The monoisotopic (exact) mass is 300 g/mol. The van der Waals surface area contributed by atoms with Crippen LogP contribution in [-0.2, 0) is 17.9 Å². The second kappa shape index (κ2) is 6.43. The summed E-state index contributed by atoms with van der Waals surface area (Å²) < 4.78 is 19.0. The van der Waals surface area contributed by atoms with E-state index in [0.29, 0.717) is 28.7 Å². The molecule has 0 aliphatic carbocycles. The Balaban J connectivity index is 2.48. The lowest BCUT2D eigenvalue weighted by molar-refractivity contribution is 0.181. The molecule has 2 aromatic rings. The number of hydrogen-bond acceptors (Lipinski definition) is 4. The third-order valence-corrected chi connectivity index (χ3v) is 4.00. The lowest BCUT2D eigenvalue weighted by Gasteiger charge is -2.01. The zero-order valence-electron chi connectivity index (χ0n) is 10.7. The average Bonchev–Trinajstić information content (AvgIpc) is 2.73. The van der Waals surface area contributed by atoms with E-state index in [2.05, 4.69) is 10.3 Å². The molecule has 0 aliphatic heterocycles. The third kappa shape index (κ3) is 3.12. The van der Waals surface area contributed by atoms with Crippen LogP contribution in [0.25, 0.3) is 10.6 Å². The first-order chi connectivity index (χ1) is 9.17. The van der Waals surface area contributed by atoms with Crippen molar-refractivity contribution in [2.45, 2.75) is 13.2 Å². The van der Waals surface area contributed by atoms with Crippen LogP contribution >= 0.6 is 22.9 Å². The first-order valence-corrected chi connectivity index (χ1v) is 6.93. The molecule has 1 N–H and O–H groups in total. The number of hydrogen-bond donors (Lipinski definition) is 1. The van der Waals surface area contributed by atoms with Crippen molar-refractivity contribution in [3.05, 3.63) is 39.6 Å². The molecule has 19 heavy (non-hydrogen) atoms. The van der Waals surface area contributed by atoms with Gasteiger partial charge in [0.2, 0.25) is 0 Å². The minimum atomic E-state index is -0.360. The molecule has 0 spiro atoms. The molecule has 0 radical (unpaired) electrons. The Kier molecular flexibility index (Phi) is 4.87. The fourth-order valence-electron chi connectivity index (χ4n) is 1.74. The fraction of sp³-hybridized carbons (Fsp3) is 0.308. The molecule has 1 aromatic carbocycles. The third-order valence-electron chi connectivity index (χ3n) is 2.57. The summed E-state index contributed by atoms with van der Waals surface area (Å²) in [6, 6.07) is 4.63. The SMILES string of the molecule is CNCc1sc(-c2c(F)cccc2Cl)nc1COC. The summed E-state index contributed by atoms with van der Waals surface area (Å²) in [6.07, 6.45) is 0. The Labute approximate surface area is 120 Å². The number of benzene rings is 1. The van der Waals surface area contributed by atoms with Crippen LogP contribution < -0.4 is 5.32 Å². The molecule has 0 saturated carbocycles. The van der Waals surface area contributed by atoms with E-state index < -0.39 is 0 Å². The number of nitrogens with zero attached hydrogens (tertiary/aromatic N) is 1. The molecule has 0 unspecified atom stereocenters. The van der Waals surface area contributed by atoms with Gasteiger partial charge in [-0.25, -0.2) is 9.37 Å². The van der Waals surface area contributed by atoms with Crippen molar-refractivity contribution < 1.29 is 9.13 Å². The predicted octanol–water partition coefficient (Wildman–Crippen LogP) is 3.47. The lowest BCUT2D eigenvalue weighted by Crippen LogP contribution is -2.06. The Morgan fingerprint density at radius 1 is 1.47 bits per heavy atom. The molecule has 0 atom stereocenters. The summed E-state index contributed by atoms with van der Waals surface area (Å²) in [5.41, 5.74) is 1.17. The van der Waals surface area contributed by atoms with Gasteiger partial charge in [0.05, 0.1) is 22.9 Å². The Morgan fingerprint density at radius 2 is 2.26 bits per heavy atom. The summed E-state index contributed by atoms with van der Waals surface area (Å²) >= 11 is 7.49. The van der Waals surface area contributed by atoms with Crippen LogP contribution in [0.4, 0.5) is 4.39 Å². The molecular weight excluding hydrogens is 287 g/mol. The smallest absolute Gasteiger partial charge is 0.134 e. The van der Waals surface area contributed by atoms with E-state index in [9.17, 15) is 4.39 Å². The molecule has 0 saturated heterocycles. The number of nitrogens with one attached hydrogen (secondary N) is 1. The van der Waals surface area contributed by atoms with Crippen molar-refractivity contribution in [2.24, 2.45) is 0 Å². The van der Waals surface area contributed by atoms with Crippen molar-refractivity contribution in [3.63, 3.8) is 0 Å². The number of aromatic nitrogens is 1. The Hall–Kier alpha value is -1.01. The van der Waals surface area contributed by atoms with E-state index in [1.54, 1.807) is 19.2 Å². The Morgan fingerprint density at radius 3 is 2.89 bits per heavy atom. The summed E-state index contributed by atoms with van der Waals surface area (Å²) in [4.78, 5) is 5.47. The van der Waals surface area contributed by atoms with Gasteiger partial charge in [-0.15, -0.1) is 11.3 Å². The Bertz CT molecular complexity index is 530. The molecule has 0 bridgehead atoms. The van der Waals surface area contributed by atoms with Gasteiger partial charge in [0.25, 0.3) is 0 Å². The van der Waals surface area contributed by atoms with Gasteiger partial charge < -0.3 is 10.1 Å². The molecular formula is C13H14ClFN2OS. The first-order valence-electron chi connectivity index (χ1n) is 5.74. The van der Waals surface area contributed by atoms with Crippen LogP contribution in [0.3, 0.4) is 0 Å². The molecule has 1 heterocycles. The fourth-order valence-corrected chi connectivity index (χ4v) is 3.19. The highest BCUT2D eigenvalue weighted by Gasteiger charge is 2.17. The van der Waals surface area contributed by atoms with E-state index in [0.717, 1.165) is 10.6 Å². The quantitative estimate of drug-likeness (QED) is 0.918. The highest BCUT2D eigenvalue weighted by atomic mass is 35.5. The van der Waals surface area contributed by atoms with Gasteiger partial charge in [0.1, 0.15) is 10.8 Å². The molecule has 0 fully saturated rings. The van der Waals surface area contributed by atoms with Crippen LogP contribution in [0, 0.1) is 5.82 Å². The topological polar surface area (TPSA) is 34.2 Å². The van der Waals surface area contributed by atoms with Crippen molar-refractivity contribution in [3.8, 4) is 10.6 Å². The highest BCUT2D eigenvalue weighted by Crippen LogP contribution is 2.35. The number of thiazole rings is 1. The maximum Gasteiger partial charge on any atom is 0.134 e. The zero-order chi connectivity index (χ0) is 13.8. The molecule has 1 aromatic heterocycles. The molecule has 2 rings (SSSR count). The van der Waals surface area contributed by atoms with Crippen LogP contribution in [0.15, 0.2) is 18.2 Å². The van der Waals surface area contributed by atoms with E-state index >= 15 is 0 Å². The summed E-state index contributed by atoms with van der Waals surface area (Å²) in [5, 5.41) is 4.02. The van der Waals surface area contributed by atoms with E-state index in [1.165, 1.54) is 17.4 Å². The van der Waals surface area contributed by atoms with E-state index in [1.807, 2.05) is 7.05 Å². The predicted molar refractivity (Wildman–Crippen MR) is 76.0 cm³/mol. The maximum absolute atomic E-state index is 13.9.